The topological polar surface area (TPSA) is 111 Å². The first kappa shape index (κ1) is 40.6. The fraction of sp³-hybridized carbons (Fsp3) is 0.417. The van der Waals surface area contributed by atoms with Gasteiger partial charge in [0.25, 0.3) is 5.91 Å². The van der Waals surface area contributed by atoms with Crippen molar-refractivity contribution in [3.8, 4) is 5.75 Å². The van der Waals surface area contributed by atoms with Crippen molar-refractivity contribution in [2.75, 3.05) is 45.2 Å². The van der Waals surface area contributed by atoms with E-state index in [1.165, 1.54) is 24.0 Å². The number of benzene rings is 3. The van der Waals surface area contributed by atoms with Crippen molar-refractivity contribution in [3.05, 3.63) is 95.6 Å². The number of hydrogen-bond acceptors (Lipinski definition) is 6. The van der Waals surface area contributed by atoms with Crippen LogP contribution in [0.25, 0.3) is 0 Å². The summed E-state index contributed by atoms with van der Waals surface area (Å²) in [7, 11) is 4.04. The highest BCUT2D eigenvalue weighted by atomic mass is 19.4. The lowest BCUT2D eigenvalue weighted by atomic mass is 9.71. The Bertz CT molecular complexity index is 1540. The van der Waals surface area contributed by atoms with Crippen LogP contribution in [0, 0.1) is 5.41 Å². The number of nitrogens with zero attached hydrogens (tertiary/aromatic N) is 3. The fourth-order valence-corrected chi connectivity index (χ4v) is 5.71. The third-order valence-electron chi connectivity index (χ3n) is 8.75. The standard InChI is InChI=1S/C32H39N3O2.2C2HF3O2/c1-33(2)29-14-12-27(13-15-29)31(36)35-22-18-32(19-23-35)16-20-34(21-17-32)24-28-10-6-7-11-30(28)37-25-26-8-4-3-5-9-26;2*3-2(4,5)1(6)7/h3-15H,16-25H2,1-2H3;2*(H,6,7). The molecule has 15 heteroatoms. The Morgan fingerprint density at radius 3 is 1.69 bits per heavy atom. The van der Waals surface area contributed by atoms with Crippen molar-refractivity contribution in [3.63, 3.8) is 0 Å². The Morgan fingerprint density at radius 2 is 1.20 bits per heavy atom. The summed E-state index contributed by atoms with van der Waals surface area (Å²) in [6.45, 7) is 5.46. The molecule has 9 nitrogen and oxygen atoms in total. The van der Waals surface area contributed by atoms with Gasteiger partial charge in [0, 0.05) is 50.5 Å². The fourth-order valence-electron chi connectivity index (χ4n) is 5.71. The maximum atomic E-state index is 13.1. The van der Waals surface area contributed by atoms with Gasteiger partial charge < -0.3 is 24.7 Å². The summed E-state index contributed by atoms with van der Waals surface area (Å²) in [4.78, 5) is 37.6. The molecule has 0 saturated carbocycles. The molecule has 2 aliphatic rings. The Morgan fingerprint density at radius 1 is 0.725 bits per heavy atom. The summed E-state index contributed by atoms with van der Waals surface area (Å²) in [6, 6.07) is 26.8. The molecule has 2 saturated heterocycles. The average Bonchev–Trinajstić information content (AvgIpc) is 3.09. The van der Waals surface area contributed by atoms with Gasteiger partial charge in [0.15, 0.2) is 0 Å². The third-order valence-corrected chi connectivity index (χ3v) is 8.75. The molecule has 0 bridgehead atoms. The largest absolute Gasteiger partial charge is 0.490 e. The second-order valence-electron chi connectivity index (χ2n) is 12.5. The van der Waals surface area contributed by atoms with Crippen LogP contribution in [0.15, 0.2) is 78.9 Å². The predicted octanol–water partition coefficient (Wildman–Crippen LogP) is 7.12. The summed E-state index contributed by atoms with van der Waals surface area (Å²) in [6.07, 6.45) is -5.53. The molecule has 278 valence electrons. The van der Waals surface area contributed by atoms with Crippen LogP contribution in [0.5, 0.6) is 5.75 Å². The molecule has 2 N–H and O–H groups in total. The number of rotatable bonds is 7. The van der Waals surface area contributed by atoms with Gasteiger partial charge in [-0.15, -0.1) is 0 Å². The van der Waals surface area contributed by atoms with Gasteiger partial charge in [-0.25, -0.2) is 9.59 Å². The van der Waals surface area contributed by atoms with Crippen LogP contribution in [0.1, 0.15) is 47.2 Å². The number of ether oxygens (including phenoxy) is 1. The van der Waals surface area contributed by atoms with Gasteiger partial charge >= 0.3 is 24.3 Å². The molecule has 0 atom stereocenters. The van der Waals surface area contributed by atoms with E-state index < -0.39 is 24.3 Å². The molecular weight excluding hydrogens is 684 g/mol. The normalized spacial score (nSPS) is 15.8. The SMILES string of the molecule is CN(C)c1ccc(C(=O)N2CCC3(CCN(Cc4ccccc4OCc4ccccc4)CC3)CC2)cc1.O=C(O)C(F)(F)F.O=C(O)C(F)(F)F. The first-order chi connectivity index (χ1) is 23.9. The van der Waals surface area contributed by atoms with E-state index in [-0.39, 0.29) is 5.91 Å². The van der Waals surface area contributed by atoms with E-state index >= 15 is 0 Å². The molecule has 2 aliphatic heterocycles. The van der Waals surface area contributed by atoms with Crippen LogP contribution in [-0.2, 0) is 22.7 Å². The number of amides is 1. The number of likely N-dealkylation sites (tertiary alicyclic amines) is 2. The van der Waals surface area contributed by atoms with Crippen molar-refractivity contribution in [2.24, 2.45) is 5.41 Å². The number of carboxylic acid groups (broad SMARTS) is 2. The summed E-state index contributed by atoms with van der Waals surface area (Å²) < 4.78 is 69.7. The second-order valence-corrected chi connectivity index (χ2v) is 12.5. The van der Waals surface area contributed by atoms with Crippen molar-refractivity contribution >= 4 is 23.5 Å². The zero-order chi connectivity index (χ0) is 37.8. The molecule has 1 amide bonds. The van der Waals surface area contributed by atoms with Crippen LogP contribution in [0.3, 0.4) is 0 Å². The Labute approximate surface area is 292 Å². The summed E-state index contributed by atoms with van der Waals surface area (Å²) in [5, 5.41) is 14.2. The van der Waals surface area contributed by atoms with E-state index in [0.717, 1.165) is 62.6 Å². The maximum Gasteiger partial charge on any atom is 0.490 e. The smallest absolute Gasteiger partial charge is 0.489 e. The molecule has 0 aromatic heterocycles. The highest BCUT2D eigenvalue weighted by Crippen LogP contribution is 2.42. The summed E-state index contributed by atoms with van der Waals surface area (Å²) in [5.74, 6) is -4.36. The van der Waals surface area contributed by atoms with Gasteiger partial charge in [0.05, 0.1) is 0 Å². The molecule has 5 rings (SSSR count). The monoisotopic (exact) mass is 725 g/mol. The highest BCUT2D eigenvalue weighted by molar-refractivity contribution is 5.94. The van der Waals surface area contributed by atoms with E-state index in [1.54, 1.807) is 0 Å². The lowest BCUT2D eigenvalue weighted by Crippen LogP contribution is -2.48. The number of carboxylic acids is 2. The van der Waals surface area contributed by atoms with E-state index in [9.17, 15) is 31.1 Å². The zero-order valence-electron chi connectivity index (χ0n) is 28.2. The number of halogens is 6. The number of alkyl halides is 6. The zero-order valence-corrected chi connectivity index (χ0v) is 28.2. The molecule has 51 heavy (non-hydrogen) atoms. The number of hydrogen-bond donors (Lipinski definition) is 2. The van der Waals surface area contributed by atoms with Gasteiger partial charge in [-0.05, 0) is 80.1 Å². The molecule has 0 unspecified atom stereocenters. The molecule has 2 fully saturated rings. The lowest BCUT2D eigenvalue weighted by molar-refractivity contribution is -0.193. The number of carbonyl (C=O) groups excluding carboxylic acids is 1. The van der Waals surface area contributed by atoms with Crippen molar-refractivity contribution in [1.82, 2.24) is 9.80 Å². The van der Waals surface area contributed by atoms with Gasteiger partial charge in [-0.3, -0.25) is 9.69 Å². The highest BCUT2D eigenvalue weighted by Gasteiger charge is 2.40. The average molecular weight is 726 g/mol. The van der Waals surface area contributed by atoms with E-state index in [2.05, 4.69) is 63.2 Å². The summed E-state index contributed by atoms with van der Waals surface area (Å²) >= 11 is 0. The number of aliphatic carboxylic acids is 2. The number of carbonyl (C=O) groups is 3. The van der Waals surface area contributed by atoms with E-state index in [4.69, 9.17) is 24.5 Å². The molecule has 2 heterocycles. The predicted molar refractivity (Wildman–Crippen MR) is 177 cm³/mol. The van der Waals surface area contributed by atoms with Gasteiger partial charge in [0.2, 0.25) is 0 Å². The minimum atomic E-state index is -5.08. The van der Waals surface area contributed by atoms with E-state index in [1.807, 2.05) is 44.4 Å². The molecule has 3 aromatic carbocycles. The minimum Gasteiger partial charge on any atom is -0.489 e. The van der Waals surface area contributed by atoms with E-state index in [0.29, 0.717) is 12.0 Å². The quantitative estimate of drug-likeness (QED) is 0.248. The molecule has 3 aromatic rings. The molecule has 1 spiro atoms. The van der Waals surface area contributed by atoms with Gasteiger partial charge in [-0.1, -0.05) is 48.5 Å². The van der Waals surface area contributed by atoms with Crippen LogP contribution in [0.4, 0.5) is 32.0 Å². The van der Waals surface area contributed by atoms with Crippen LogP contribution in [0.2, 0.25) is 0 Å². The first-order valence-electron chi connectivity index (χ1n) is 16.0. The third kappa shape index (κ3) is 12.8. The number of para-hydroxylation sites is 1. The van der Waals surface area contributed by atoms with Crippen LogP contribution in [-0.4, -0.2) is 90.5 Å². The summed E-state index contributed by atoms with van der Waals surface area (Å²) in [5.41, 5.74) is 4.74. The molecule has 0 aliphatic carbocycles. The molecular formula is C36H41F6N3O6. The molecule has 0 radical (unpaired) electrons. The van der Waals surface area contributed by atoms with Crippen LogP contribution < -0.4 is 9.64 Å². The maximum absolute atomic E-state index is 13.1. The second kappa shape index (κ2) is 17.9. The first-order valence-corrected chi connectivity index (χ1v) is 16.0. The Kier molecular flexibility index (Phi) is 14.3. The lowest BCUT2D eigenvalue weighted by Gasteiger charge is -2.47. The Hall–Kier alpha value is -4.79. The number of anilines is 1. The Balaban J connectivity index is 0.000000424. The van der Waals surface area contributed by atoms with Crippen molar-refractivity contribution < 1.29 is 55.7 Å². The van der Waals surface area contributed by atoms with Gasteiger partial charge in [0.1, 0.15) is 12.4 Å². The van der Waals surface area contributed by atoms with Gasteiger partial charge in [-0.2, -0.15) is 26.3 Å². The van der Waals surface area contributed by atoms with Crippen molar-refractivity contribution in [2.45, 2.75) is 51.2 Å². The van der Waals surface area contributed by atoms with Crippen LogP contribution >= 0.6 is 0 Å². The minimum absolute atomic E-state index is 0.171. The van der Waals surface area contributed by atoms with Crippen molar-refractivity contribution in [1.29, 1.82) is 0 Å². The number of piperidine rings is 2.